The van der Waals surface area contributed by atoms with Crippen LogP contribution in [0, 0.1) is 0 Å². The topological polar surface area (TPSA) is 129 Å². The molecule has 0 saturated carbocycles. The quantitative estimate of drug-likeness (QED) is 0.153. The summed E-state index contributed by atoms with van der Waals surface area (Å²) in [5, 5.41) is 5.24. The molecule has 2 N–H and O–H groups in total. The van der Waals surface area contributed by atoms with Crippen molar-refractivity contribution in [1.82, 2.24) is 10.6 Å². The van der Waals surface area contributed by atoms with Crippen molar-refractivity contribution < 1.29 is 38.1 Å². The lowest BCUT2D eigenvalue weighted by Gasteiger charge is -2.18. The molecule has 0 heterocycles. The van der Waals surface area contributed by atoms with Gasteiger partial charge >= 0.3 is 11.9 Å². The predicted molar refractivity (Wildman–Crippen MR) is 124 cm³/mol. The van der Waals surface area contributed by atoms with Gasteiger partial charge in [0.2, 0.25) is 11.8 Å². The Bertz CT molecular complexity index is 518. The average molecular weight is 497 g/mol. The third-order valence-electron chi connectivity index (χ3n) is 3.75. The fourth-order valence-corrected chi connectivity index (χ4v) is 4.47. The standard InChI is InChI=1S/C20H36N2O8S2/c1-5-9-29-19(25)15(21-17(23)13-27-3)7-11-31-32-12-8-16(20(26)30-10-6-2)22-18(24)14-28-4/h15-16H,5-14H2,1-4H3,(H,21,23)(H,22,24)/t15-,16-/m0/s1. The van der Waals surface area contributed by atoms with Crippen molar-refractivity contribution in [2.24, 2.45) is 0 Å². The second-order valence-electron chi connectivity index (χ2n) is 6.66. The number of hydrogen-bond acceptors (Lipinski definition) is 10. The number of rotatable bonds is 19. The van der Waals surface area contributed by atoms with Crippen molar-refractivity contribution in [3.8, 4) is 0 Å². The first-order chi connectivity index (χ1) is 15.4. The van der Waals surface area contributed by atoms with Gasteiger partial charge in [0.1, 0.15) is 25.3 Å². The molecule has 0 aromatic carbocycles. The average Bonchev–Trinajstić information content (AvgIpc) is 2.76. The molecular weight excluding hydrogens is 460 g/mol. The predicted octanol–water partition coefficient (Wildman–Crippen LogP) is 1.32. The Morgan fingerprint density at radius 2 is 1.09 bits per heavy atom. The Morgan fingerprint density at radius 3 is 1.41 bits per heavy atom. The van der Waals surface area contributed by atoms with Gasteiger partial charge in [-0.1, -0.05) is 35.4 Å². The Hall–Kier alpha value is -1.50. The SMILES string of the molecule is CCCOC(=O)[C@H](CCSSCC[C@H](NC(=O)COC)C(=O)OCCC)NC(=O)COC. The van der Waals surface area contributed by atoms with Crippen molar-refractivity contribution in [3.63, 3.8) is 0 Å². The first-order valence-corrected chi connectivity index (χ1v) is 13.0. The summed E-state index contributed by atoms with van der Waals surface area (Å²) >= 11 is 0. The van der Waals surface area contributed by atoms with Crippen LogP contribution in [0.3, 0.4) is 0 Å². The van der Waals surface area contributed by atoms with Crippen LogP contribution in [0.5, 0.6) is 0 Å². The van der Waals surface area contributed by atoms with Gasteiger partial charge < -0.3 is 29.6 Å². The molecule has 10 nitrogen and oxygen atoms in total. The molecule has 32 heavy (non-hydrogen) atoms. The van der Waals surface area contributed by atoms with Crippen molar-refractivity contribution >= 4 is 45.3 Å². The molecule has 0 unspecified atom stereocenters. The second kappa shape index (κ2) is 20.1. The van der Waals surface area contributed by atoms with Crippen LogP contribution in [-0.2, 0) is 38.1 Å². The van der Waals surface area contributed by atoms with Crippen LogP contribution in [0.4, 0.5) is 0 Å². The number of amides is 2. The second-order valence-corrected chi connectivity index (χ2v) is 9.36. The molecule has 0 bridgehead atoms. The van der Waals surface area contributed by atoms with Gasteiger partial charge in [0, 0.05) is 25.7 Å². The van der Waals surface area contributed by atoms with E-state index in [9.17, 15) is 19.2 Å². The number of carbonyl (C=O) groups is 4. The third kappa shape index (κ3) is 15.3. The molecule has 0 aliphatic rings. The highest BCUT2D eigenvalue weighted by Gasteiger charge is 2.23. The van der Waals surface area contributed by atoms with Crippen molar-refractivity contribution in [2.75, 3.05) is 52.2 Å². The maximum Gasteiger partial charge on any atom is 0.328 e. The fourth-order valence-electron chi connectivity index (χ4n) is 2.29. The van der Waals surface area contributed by atoms with Crippen LogP contribution in [0.1, 0.15) is 39.5 Å². The number of nitrogens with one attached hydrogen (secondary N) is 2. The van der Waals surface area contributed by atoms with Crippen LogP contribution in [0.15, 0.2) is 0 Å². The highest BCUT2D eigenvalue weighted by atomic mass is 33.1. The summed E-state index contributed by atoms with van der Waals surface area (Å²) < 4.78 is 19.9. The lowest BCUT2D eigenvalue weighted by atomic mass is 10.2. The lowest BCUT2D eigenvalue weighted by molar-refractivity contribution is -0.148. The first-order valence-electron chi connectivity index (χ1n) is 10.5. The molecule has 0 radical (unpaired) electrons. The van der Waals surface area contributed by atoms with Gasteiger partial charge in [-0.2, -0.15) is 0 Å². The van der Waals surface area contributed by atoms with Gasteiger partial charge in [0.25, 0.3) is 0 Å². The number of ether oxygens (including phenoxy) is 4. The number of carbonyl (C=O) groups excluding carboxylic acids is 4. The summed E-state index contributed by atoms with van der Waals surface area (Å²) in [5.74, 6) is -0.564. The molecule has 12 heteroatoms. The zero-order valence-electron chi connectivity index (χ0n) is 19.3. The molecule has 0 aliphatic carbocycles. The van der Waals surface area contributed by atoms with Crippen molar-refractivity contribution in [3.05, 3.63) is 0 Å². The third-order valence-corrected chi connectivity index (χ3v) is 6.22. The van der Waals surface area contributed by atoms with Crippen molar-refractivity contribution in [1.29, 1.82) is 0 Å². The number of esters is 2. The molecule has 0 aromatic rings. The van der Waals surface area contributed by atoms with E-state index in [1.165, 1.54) is 35.8 Å². The normalized spacial score (nSPS) is 12.5. The van der Waals surface area contributed by atoms with E-state index >= 15 is 0 Å². The van der Waals surface area contributed by atoms with E-state index in [1.807, 2.05) is 13.8 Å². The van der Waals surface area contributed by atoms with Crippen LogP contribution in [0.2, 0.25) is 0 Å². The zero-order valence-corrected chi connectivity index (χ0v) is 20.9. The number of methoxy groups -OCH3 is 2. The summed E-state index contributed by atoms with van der Waals surface area (Å²) in [6.45, 7) is 4.10. The molecule has 2 amide bonds. The smallest absolute Gasteiger partial charge is 0.328 e. The summed E-state index contributed by atoms with van der Waals surface area (Å²) in [4.78, 5) is 47.9. The van der Waals surface area contributed by atoms with Gasteiger partial charge in [-0.3, -0.25) is 9.59 Å². The summed E-state index contributed by atoms with van der Waals surface area (Å²) in [5.41, 5.74) is 0. The van der Waals surface area contributed by atoms with E-state index in [0.29, 0.717) is 50.4 Å². The molecule has 186 valence electrons. The molecule has 0 spiro atoms. The Morgan fingerprint density at radius 1 is 0.719 bits per heavy atom. The first kappa shape index (κ1) is 30.5. The molecule has 0 rings (SSSR count). The zero-order chi connectivity index (χ0) is 24.2. The molecule has 0 aromatic heterocycles. The lowest BCUT2D eigenvalue weighted by Crippen LogP contribution is -2.44. The molecule has 0 aliphatic heterocycles. The maximum atomic E-state index is 12.2. The van der Waals surface area contributed by atoms with Crippen LogP contribution < -0.4 is 10.6 Å². The summed E-state index contributed by atoms with van der Waals surface area (Å²) in [7, 11) is 5.81. The van der Waals surface area contributed by atoms with E-state index in [0.717, 1.165) is 0 Å². The Labute approximate surface area is 198 Å². The Balaban J connectivity index is 4.50. The van der Waals surface area contributed by atoms with E-state index in [2.05, 4.69) is 10.6 Å². The molecule has 0 saturated heterocycles. The van der Waals surface area contributed by atoms with Gasteiger partial charge in [-0.15, -0.1) is 0 Å². The largest absolute Gasteiger partial charge is 0.464 e. The molecule has 2 atom stereocenters. The van der Waals surface area contributed by atoms with Gasteiger partial charge in [-0.25, -0.2) is 9.59 Å². The Kier molecular flexibility index (Phi) is 19.2. The highest BCUT2D eigenvalue weighted by Crippen LogP contribution is 2.24. The molecular formula is C20H36N2O8S2. The van der Waals surface area contributed by atoms with Crippen LogP contribution >= 0.6 is 21.6 Å². The summed E-state index contributed by atoms with van der Waals surface area (Å²) in [6.07, 6.45) is 2.17. The molecule has 0 fully saturated rings. The van der Waals surface area contributed by atoms with E-state index < -0.39 is 24.0 Å². The monoisotopic (exact) mass is 496 g/mol. The van der Waals surface area contributed by atoms with Crippen LogP contribution in [-0.4, -0.2) is 88.0 Å². The van der Waals surface area contributed by atoms with Crippen LogP contribution in [0.25, 0.3) is 0 Å². The van der Waals surface area contributed by atoms with E-state index in [-0.39, 0.29) is 25.0 Å². The fraction of sp³-hybridized carbons (Fsp3) is 0.800. The minimum atomic E-state index is -0.748. The van der Waals surface area contributed by atoms with E-state index in [4.69, 9.17) is 18.9 Å². The summed E-state index contributed by atoms with van der Waals surface area (Å²) in [6, 6.07) is -1.50. The minimum Gasteiger partial charge on any atom is -0.464 e. The van der Waals surface area contributed by atoms with E-state index in [1.54, 1.807) is 0 Å². The van der Waals surface area contributed by atoms with Gasteiger partial charge in [0.15, 0.2) is 0 Å². The van der Waals surface area contributed by atoms with Gasteiger partial charge in [-0.05, 0) is 25.7 Å². The van der Waals surface area contributed by atoms with Gasteiger partial charge in [0.05, 0.1) is 13.2 Å². The number of hydrogen-bond donors (Lipinski definition) is 2. The highest BCUT2D eigenvalue weighted by molar-refractivity contribution is 8.76. The maximum absolute atomic E-state index is 12.2. The minimum absolute atomic E-state index is 0.135. The van der Waals surface area contributed by atoms with Crippen molar-refractivity contribution in [2.45, 2.75) is 51.6 Å².